The fourth-order valence-corrected chi connectivity index (χ4v) is 2.71. The molecule has 0 aromatic carbocycles. The van der Waals surface area contributed by atoms with Gasteiger partial charge in [-0.15, -0.1) is 0 Å². The highest BCUT2D eigenvalue weighted by molar-refractivity contribution is 6.46. The Hall–Kier alpha value is -1.04. The zero-order valence-electron chi connectivity index (χ0n) is 11.3. The Morgan fingerprint density at radius 3 is 2.33 bits per heavy atom. The van der Waals surface area contributed by atoms with E-state index in [4.69, 9.17) is 40.5 Å². The first-order valence-electron chi connectivity index (χ1n) is 6.66. The molecule has 8 heteroatoms. The number of nitrogens with two attached hydrogens (primary N) is 1. The largest absolute Gasteiger partial charge is 0.396 e. The monoisotopic (exact) mass is 348 g/mol. The number of carbonyl (C=O) groups excluding carboxylic acids is 1. The third-order valence-electron chi connectivity index (χ3n) is 3.28. The highest BCUT2D eigenvalue weighted by atomic mass is 35.5. The van der Waals surface area contributed by atoms with Gasteiger partial charge in [-0.1, -0.05) is 47.6 Å². The van der Waals surface area contributed by atoms with E-state index < -0.39 is 5.91 Å². The SMILES string of the molecule is Nc1c(Cl)c(Cl)nc(C(=O)NN=C2CCCCCC2)c1Cl. The first-order chi connectivity index (χ1) is 10.0. The predicted molar refractivity (Wildman–Crippen MR) is 86.3 cm³/mol. The van der Waals surface area contributed by atoms with Gasteiger partial charge in [-0.2, -0.15) is 5.10 Å². The Morgan fingerprint density at radius 2 is 1.71 bits per heavy atom. The van der Waals surface area contributed by atoms with Crippen molar-refractivity contribution < 1.29 is 4.79 Å². The summed E-state index contributed by atoms with van der Waals surface area (Å²) in [7, 11) is 0. The minimum atomic E-state index is -0.554. The number of nitrogen functional groups attached to an aromatic ring is 1. The van der Waals surface area contributed by atoms with E-state index in [-0.39, 0.29) is 26.6 Å². The summed E-state index contributed by atoms with van der Waals surface area (Å²) in [5.41, 5.74) is 9.06. The van der Waals surface area contributed by atoms with E-state index in [9.17, 15) is 4.79 Å². The number of anilines is 1. The lowest BCUT2D eigenvalue weighted by molar-refractivity contribution is 0.0950. The molecule has 1 amide bonds. The molecule has 0 aliphatic heterocycles. The van der Waals surface area contributed by atoms with Crippen molar-refractivity contribution in [3.05, 3.63) is 20.9 Å². The van der Waals surface area contributed by atoms with E-state index in [2.05, 4.69) is 15.5 Å². The normalized spacial score (nSPS) is 15.5. The van der Waals surface area contributed by atoms with Gasteiger partial charge in [-0.05, 0) is 25.7 Å². The summed E-state index contributed by atoms with van der Waals surface area (Å²) in [4.78, 5) is 15.9. The highest BCUT2D eigenvalue weighted by Crippen LogP contribution is 2.34. The van der Waals surface area contributed by atoms with Crippen LogP contribution in [0.5, 0.6) is 0 Å². The summed E-state index contributed by atoms with van der Waals surface area (Å²) in [5.74, 6) is -0.554. The molecule has 2 rings (SSSR count). The number of carbonyl (C=O) groups is 1. The minimum Gasteiger partial charge on any atom is -0.396 e. The first kappa shape index (κ1) is 16.3. The van der Waals surface area contributed by atoms with Crippen molar-refractivity contribution in [1.29, 1.82) is 0 Å². The summed E-state index contributed by atoms with van der Waals surface area (Å²) < 4.78 is 0. The number of hydrogen-bond acceptors (Lipinski definition) is 4. The molecule has 0 saturated heterocycles. The van der Waals surface area contributed by atoms with E-state index in [1.54, 1.807) is 0 Å². The van der Waals surface area contributed by atoms with Crippen LogP contribution in [0.1, 0.15) is 49.0 Å². The molecular formula is C13H15Cl3N4O. The fraction of sp³-hybridized carbons (Fsp3) is 0.462. The van der Waals surface area contributed by atoms with E-state index in [0.717, 1.165) is 31.4 Å². The van der Waals surface area contributed by atoms with Crippen LogP contribution in [0.15, 0.2) is 5.10 Å². The number of rotatable bonds is 2. The predicted octanol–water partition coefficient (Wildman–Crippen LogP) is 4.06. The zero-order chi connectivity index (χ0) is 15.4. The fourth-order valence-electron chi connectivity index (χ4n) is 2.11. The lowest BCUT2D eigenvalue weighted by atomic mass is 10.2. The van der Waals surface area contributed by atoms with Gasteiger partial charge in [-0.3, -0.25) is 4.79 Å². The van der Waals surface area contributed by atoms with Crippen molar-refractivity contribution in [2.24, 2.45) is 5.10 Å². The zero-order valence-corrected chi connectivity index (χ0v) is 13.5. The van der Waals surface area contributed by atoms with Crippen LogP contribution in [-0.2, 0) is 0 Å². The standard InChI is InChI=1S/C13H15Cl3N4O/c14-8-10(17)9(15)12(16)18-11(8)13(21)20-19-7-5-3-1-2-4-6-7/h1-6H2,(H2,17,18)(H,20,21). The summed E-state index contributed by atoms with van der Waals surface area (Å²) in [6.07, 6.45) is 6.37. The molecule has 3 N–H and O–H groups in total. The van der Waals surface area contributed by atoms with E-state index in [1.165, 1.54) is 12.8 Å². The van der Waals surface area contributed by atoms with Gasteiger partial charge < -0.3 is 5.73 Å². The molecule has 5 nitrogen and oxygen atoms in total. The molecule has 0 atom stereocenters. The molecule has 0 unspecified atom stereocenters. The second kappa shape index (κ2) is 7.29. The molecular weight excluding hydrogens is 335 g/mol. The van der Waals surface area contributed by atoms with Crippen molar-refractivity contribution in [2.45, 2.75) is 38.5 Å². The average molecular weight is 350 g/mol. The Morgan fingerprint density at radius 1 is 1.10 bits per heavy atom. The summed E-state index contributed by atoms with van der Waals surface area (Å²) in [6, 6.07) is 0. The molecule has 1 heterocycles. The van der Waals surface area contributed by atoms with E-state index in [0.29, 0.717) is 0 Å². The van der Waals surface area contributed by atoms with Gasteiger partial charge in [0.15, 0.2) is 10.8 Å². The maximum Gasteiger partial charge on any atom is 0.291 e. The Kier molecular flexibility index (Phi) is 5.67. The average Bonchev–Trinajstić information content (AvgIpc) is 2.75. The maximum atomic E-state index is 12.1. The summed E-state index contributed by atoms with van der Waals surface area (Å²) in [6.45, 7) is 0. The van der Waals surface area contributed by atoms with Crippen LogP contribution in [-0.4, -0.2) is 16.6 Å². The van der Waals surface area contributed by atoms with Gasteiger partial charge in [0, 0.05) is 5.71 Å². The van der Waals surface area contributed by atoms with Gasteiger partial charge in [0.1, 0.15) is 5.02 Å². The second-order valence-corrected chi connectivity index (χ2v) is 5.94. The first-order valence-corrected chi connectivity index (χ1v) is 7.80. The number of hydrazone groups is 1. The van der Waals surface area contributed by atoms with Crippen LogP contribution in [0.3, 0.4) is 0 Å². The minimum absolute atomic E-state index is 0.0250. The molecule has 21 heavy (non-hydrogen) atoms. The van der Waals surface area contributed by atoms with Crippen LogP contribution in [0, 0.1) is 0 Å². The molecule has 1 aromatic rings. The Bertz CT molecular complexity index is 579. The molecule has 1 aromatic heterocycles. The number of pyridine rings is 1. The van der Waals surface area contributed by atoms with Crippen LogP contribution in [0.4, 0.5) is 5.69 Å². The van der Waals surface area contributed by atoms with Crippen LogP contribution >= 0.6 is 34.8 Å². The molecule has 0 spiro atoms. The van der Waals surface area contributed by atoms with Crippen LogP contribution < -0.4 is 11.2 Å². The van der Waals surface area contributed by atoms with Crippen molar-refractivity contribution in [1.82, 2.24) is 10.4 Å². The van der Waals surface area contributed by atoms with Gasteiger partial charge in [0.2, 0.25) is 0 Å². The Balaban J connectivity index is 2.15. The van der Waals surface area contributed by atoms with Gasteiger partial charge in [0.25, 0.3) is 5.91 Å². The third kappa shape index (κ3) is 3.99. The maximum absolute atomic E-state index is 12.1. The summed E-state index contributed by atoms with van der Waals surface area (Å²) >= 11 is 17.6. The molecule has 1 aliphatic carbocycles. The number of amides is 1. The van der Waals surface area contributed by atoms with Gasteiger partial charge >= 0.3 is 0 Å². The second-order valence-electron chi connectivity index (χ2n) is 4.83. The molecule has 1 fully saturated rings. The topological polar surface area (TPSA) is 80.4 Å². The lowest BCUT2D eigenvalue weighted by Crippen LogP contribution is -2.22. The molecule has 0 radical (unpaired) electrons. The van der Waals surface area contributed by atoms with Crippen molar-refractivity contribution in [3.8, 4) is 0 Å². The van der Waals surface area contributed by atoms with Gasteiger partial charge in [-0.25, -0.2) is 10.4 Å². The van der Waals surface area contributed by atoms with Crippen LogP contribution in [0.25, 0.3) is 0 Å². The number of hydrogen-bond donors (Lipinski definition) is 2. The van der Waals surface area contributed by atoms with Crippen molar-refractivity contribution in [3.63, 3.8) is 0 Å². The smallest absolute Gasteiger partial charge is 0.291 e. The number of aromatic nitrogens is 1. The molecule has 1 saturated carbocycles. The third-order valence-corrected chi connectivity index (χ3v) is 4.42. The number of nitrogens with zero attached hydrogens (tertiary/aromatic N) is 2. The van der Waals surface area contributed by atoms with Gasteiger partial charge in [0.05, 0.1) is 10.7 Å². The van der Waals surface area contributed by atoms with Crippen molar-refractivity contribution >= 4 is 52.1 Å². The Labute approximate surface area is 137 Å². The quantitative estimate of drug-likeness (QED) is 0.480. The molecule has 114 valence electrons. The van der Waals surface area contributed by atoms with E-state index >= 15 is 0 Å². The molecule has 0 bridgehead atoms. The molecule has 1 aliphatic rings. The van der Waals surface area contributed by atoms with Crippen molar-refractivity contribution in [2.75, 3.05) is 5.73 Å². The number of nitrogens with one attached hydrogen (secondary N) is 1. The highest BCUT2D eigenvalue weighted by Gasteiger charge is 2.19. The lowest BCUT2D eigenvalue weighted by Gasteiger charge is -2.08. The van der Waals surface area contributed by atoms with E-state index in [1.807, 2.05) is 0 Å². The number of halogens is 3. The van der Waals surface area contributed by atoms with Crippen LogP contribution in [0.2, 0.25) is 15.2 Å². The summed E-state index contributed by atoms with van der Waals surface area (Å²) in [5, 5.41) is 4.09.